The van der Waals surface area contributed by atoms with E-state index in [1.54, 1.807) is 0 Å². The van der Waals surface area contributed by atoms with Crippen molar-refractivity contribution in [1.82, 2.24) is 0 Å². The van der Waals surface area contributed by atoms with Gasteiger partial charge in [0.25, 0.3) is 0 Å². The van der Waals surface area contributed by atoms with Gasteiger partial charge in [-0.05, 0) is 50.5 Å². The standard InChI is InChI=1S/C15H20N2O2/c1-10-7-14(6-5-13(10)9-18)17-8-12(15(16)19)4-3-11(17)2/h5-7,9,11-12H,3-4,8H2,1-2H3,(H2,16,19). The van der Waals surface area contributed by atoms with Gasteiger partial charge in [0.05, 0.1) is 5.92 Å². The summed E-state index contributed by atoms with van der Waals surface area (Å²) >= 11 is 0. The van der Waals surface area contributed by atoms with Crippen molar-refractivity contribution in [3.63, 3.8) is 0 Å². The van der Waals surface area contributed by atoms with Gasteiger partial charge in [0.15, 0.2) is 0 Å². The van der Waals surface area contributed by atoms with Crippen LogP contribution in [-0.4, -0.2) is 24.8 Å². The molecule has 1 heterocycles. The smallest absolute Gasteiger partial charge is 0.222 e. The van der Waals surface area contributed by atoms with Crippen LogP contribution in [-0.2, 0) is 4.79 Å². The Kier molecular flexibility index (Phi) is 3.88. The number of anilines is 1. The van der Waals surface area contributed by atoms with E-state index in [1.165, 1.54) is 0 Å². The van der Waals surface area contributed by atoms with E-state index in [9.17, 15) is 9.59 Å². The fourth-order valence-corrected chi connectivity index (χ4v) is 2.67. The Labute approximate surface area is 113 Å². The molecule has 2 unspecified atom stereocenters. The van der Waals surface area contributed by atoms with Crippen LogP contribution in [0.4, 0.5) is 5.69 Å². The molecular weight excluding hydrogens is 240 g/mol. The highest BCUT2D eigenvalue weighted by Gasteiger charge is 2.28. The predicted octanol–water partition coefficient (Wildman–Crippen LogP) is 1.90. The Morgan fingerprint density at radius 1 is 1.42 bits per heavy atom. The third-order valence-corrected chi connectivity index (χ3v) is 4.00. The fraction of sp³-hybridized carbons (Fsp3) is 0.467. The Balaban J connectivity index is 2.25. The van der Waals surface area contributed by atoms with Gasteiger partial charge in [0, 0.05) is 23.8 Å². The van der Waals surface area contributed by atoms with Crippen molar-refractivity contribution in [2.24, 2.45) is 11.7 Å². The number of carbonyl (C=O) groups excluding carboxylic acids is 2. The molecule has 2 N–H and O–H groups in total. The second-order valence-electron chi connectivity index (χ2n) is 5.34. The summed E-state index contributed by atoms with van der Waals surface area (Å²) in [7, 11) is 0. The Morgan fingerprint density at radius 2 is 2.16 bits per heavy atom. The molecule has 4 heteroatoms. The first-order chi connectivity index (χ1) is 9.02. The number of nitrogens with zero attached hydrogens (tertiary/aromatic N) is 1. The number of amides is 1. The van der Waals surface area contributed by atoms with Crippen molar-refractivity contribution >= 4 is 17.9 Å². The Morgan fingerprint density at radius 3 is 2.74 bits per heavy atom. The lowest BCUT2D eigenvalue weighted by atomic mass is 9.92. The molecule has 0 radical (unpaired) electrons. The minimum Gasteiger partial charge on any atom is -0.369 e. The van der Waals surface area contributed by atoms with Gasteiger partial charge in [0.2, 0.25) is 5.91 Å². The normalized spacial score (nSPS) is 23.2. The van der Waals surface area contributed by atoms with Gasteiger partial charge in [-0.2, -0.15) is 0 Å². The molecule has 2 atom stereocenters. The molecule has 19 heavy (non-hydrogen) atoms. The molecule has 1 aliphatic rings. The van der Waals surface area contributed by atoms with E-state index in [0.29, 0.717) is 18.2 Å². The molecule has 1 amide bonds. The third kappa shape index (κ3) is 2.78. The number of hydrogen-bond donors (Lipinski definition) is 1. The minimum atomic E-state index is -0.224. The van der Waals surface area contributed by atoms with Gasteiger partial charge in [-0.25, -0.2) is 0 Å². The van der Waals surface area contributed by atoms with Crippen LogP contribution in [0.15, 0.2) is 18.2 Å². The van der Waals surface area contributed by atoms with Crippen LogP contribution < -0.4 is 10.6 Å². The summed E-state index contributed by atoms with van der Waals surface area (Å²) in [5.41, 5.74) is 8.14. The number of carbonyl (C=O) groups is 2. The molecule has 1 fully saturated rings. The first-order valence-electron chi connectivity index (χ1n) is 6.64. The van der Waals surface area contributed by atoms with Crippen molar-refractivity contribution in [2.75, 3.05) is 11.4 Å². The second-order valence-corrected chi connectivity index (χ2v) is 5.34. The van der Waals surface area contributed by atoms with Gasteiger partial charge in [-0.3, -0.25) is 9.59 Å². The minimum absolute atomic E-state index is 0.0812. The zero-order valence-corrected chi connectivity index (χ0v) is 11.4. The lowest BCUT2D eigenvalue weighted by molar-refractivity contribution is -0.122. The van der Waals surface area contributed by atoms with Crippen LogP contribution in [0.5, 0.6) is 0 Å². The predicted molar refractivity (Wildman–Crippen MR) is 75.3 cm³/mol. The van der Waals surface area contributed by atoms with Crippen LogP contribution in [0.3, 0.4) is 0 Å². The highest BCUT2D eigenvalue weighted by molar-refractivity contribution is 5.79. The first-order valence-corrected chi connectivity index (χ1v) is 6.64. The van der Waals surface area contributed by atoms with E-state index in [-0.39, 0.29) is 11.8 Å². The quantitative estimate of drug-likeness (QED) is 0.844. The molecule has 1 aliphatic heterocycles. The summed E-state index contributed by atoms with van der Waals surface area (Å²) in [5, 5.41) is 0. The molecule has 0 aromatic heterocycles. The number of rotatable bonds is 3. The van der Waals surface area contributed by atoms with E-state index < -0.39 is 0 Å². The fourth-order valence-electron chi connectivity index (χ4n) is 2.67. The maximum absolute atomic E-state index is 11.4. The van der Waals surface area contributed by atoms with Gasteiger partial charge in [-0.15, -0.1) is 0 Å². The maximum Gasteiger partial charge on any atom is 0.222 e. The molecule has 0 saturated carbocycles. The number of benzene rings is 1. The van der Waals surface area contributed by atoms with Gasteiger partial charge in [-0.1, -0.05) is 0 Å². The van der Waals surface area contributed by atoms with Crippen LogP contribution in [0, 0.1) is 12.8 Å². The van der Waals surface area contributed by atoms with Crippen LogP contribution in [0.2, 0.25) is 0 Å². The molecule has 1 saturated heterocycles. The maximum atomic E-state index is 11.4. The Hall–Kier alpha value is -1.84. The van der Waals surface area contributed by atoms with Gasteiger partial charge >= 0.3 is 0 Å². The highest BCUT2D eigenvalue weighted by Crippen LogP contribution is 2.28. The average Bonchev–Trinajstić information content (AvgIpc) is 2.38. The van der Waals surface area contributed by atoms with Crippen molar-refractivity contribution in [3.8, 4) is 0 Å². The molecule has 0 aliphatic carbocycles. The first kappa shape index (κ1) is 13.6. The molecule has 2 rings (SSSR count). The van der Waals surface area contributed by atoms with E-state index in [1.807, 2.05) is 25.1 Å². The van der Waals surface area contributed by atoms with Crippen molar-refractivity contribution in [3.05, 3.63) is 29.3 Å². The number of nitrogens with two attached hydrogens (primary N) is 1. The molecule has 0 bridgehead atoms. The summed E-state index contributed by atoms with van der Waals surface area (Å²) in [6.45, 7) is 4.74. The van der Waals surface area contributed by atoms with Gasteiger partial charge < -0.3 is 10.6 Å². The van der Waals surface area contributed by atoms with Crippen molar-refractivity contribution in [1.29, 1.82) is 0 Å². The number of hydrogen-bond acceptors (Lipinski definition) is 3. The number of piperidine rings is 1. The van der Waals surface area contributed by atoms with Crippen molar-refractivity contribution < 1.29 is 9.59 Å². The summed E-state index contributed by atoms with van der Waals surface area (Å²) in [6.07, 6.45) is 2.69. The molecule has 0 spiro atoms. The summed E-state index contributed by atoms with van der Waals surface area (Å²) in [4.78, 5) is 24.4. The number of aryl methyl sites for hydroxylation is 1. The van der Waals surface area contributed by atoms with Crippen LogP contribution in [0.1, 0.15) is 35.7 Å². The average molecular weight is 260 g/mol. The Bertz CT molecular complexity index is 499. The van der Waals surface area contributed by atoms with E-state index in [2.05, 4.69) is 11.8 Å². The van der Waals surface area contributed by atoms with E-state index in [0.717, 1.165) is 30.4 Å². The largest absolute Gasteiger partial charge is 0.369 e. The van der Waals surface area contributed by atoms with Gasteiger partial charge in [0.1, 0.15) is 6.29 Å². The zero-order chi connectivity index (χ0) is 14.0. The summed E-state index contributed by atoms with van der Waals surface area (Å²) < 4.78 is 0. The molecule has 4 nitrogen and oxygen atoms in total. The van der Waals surface area contributed by atoms with Crippen LogP contribution in [0.25, 0.3) is 0 Å². The second kappa shape index (κ2) is 5.43. The zero-order valence-electron chi connectivity index (χ0n) is 11.4. The highest BCUT2D eigenvalue weighted by atomic mass is 16.1. The van der Waals surface area contributed by atoms with E-state index >= 15 is 0 Å². The molecule has 102 valence electrons. The van der Waals surface area contributed by atoms with Crippen LogP contribution >= 0.6 is 0 Å². The monoisotopic (exact) mass is 260 g/mol. The number of aldehydes is 1. The number of primary amides is 1. The topological polar surface area (TPSA) is 63.4 Å². The lowest BCUT2D eigenvalue weighted by Crippen LogP contribution is -2.45. The molecule has 1 aromatic carbocycles. The lowest BCUT2D eigenvalue weighted by Gasteiger charge is -2.38. The molecule has 1 aromatic rings. The van der Waals surface area contributed by atoms with Crippen molar-refractivity contribution in [2.45, 2.75) is 32.7 Å². The molecular formula is C15H20N2O2. The summed E-state index contributed by atoms with van der Waals surface area (Å²) in [6, 6.07) is 6.16. The third-order valence-electron chi connectivity index (χ3n) is 4.00. The SMILES string of the molecule is Cc1cc(N2CC(C(N)=O)CCC2C)ccc1C=O. The summed E-state index contributed by atoms with van der Waals surface area (Å²) in [5.74, 6) is -0.305. The van der Waals surface area contributed by atoms with E-state index in [4.69, 9.17) is 5.73 Å².